The van der Waals surface area contributed by atoms with Gasteiger partial charge in [0, 0.05) is 0 Å². The standard InChI is InChI=1S/C15H20ClFN4/c1-4-12(18-6-3)15-13(5-2)21(20-19-15)14-8-7-10(17)9-11(14)16/h7-9,12,18H,4-6H2,1-3H3. The largest absolute Gasteiger partial charge is 0.309 e. The topological polar surface area (TPSA) is 42.7 Å². The number of nitrogens with zero attached hydrogens (tertiary/aromatic N) is 3. The highest BCUT2D eigenvalue weighted by Crippen LogP contribution is 2.26. The number of nitrogens with one attached hydrogen (secondary N) is 1. The van der Waals surface area contributed by atoms with Crippen molar-refractivity contribution in [3.63, 3.8) is 0 Å². The van der Waals surface area contributed by atoms with E-state index in [1.807, 2.05) is 0 Å². The van der Waals surface area contributed by atoms with Crippen LogP contribution < -0.4 is 5.32 Å². The summed E-state index contributed by atoms with van der Waals surface area (Å²) in [6, 6.07) is 4.46. The molecule has 2 aromatic rings. The Labute approximate surface area is 129 Å². The van der Waals surface area contributed by atoms with Gasteiger partial charge >= 0.3 is 0 Å². The van der Waals surface area contributed by atoms with E-state index < -0.39 is 0 Å². The zero-order valence-corrected chi connectivity index (χ0v) is 13.3. The van der Waals surface area contributed by atoms with Gasteiger partial charge in [0.1, 0.15) is 11.5 Å². The third-order valence-electron chi connectivity index (χ3n) is 3.45. The van der Waals surface area contributed by atoms with Crippen LogP contribution in [0.1, 0.15) is 44.6 Å². The molecule has 0 saturated heterocycles. The molecule has 0 aliphatic carbocycles. The van der Waals surface area contributed by atoms with Gasteiger partial charge in [-0.05, 0) is 37.6 Å². The molecule has 1 unspecified atom stereocenters. The van der Waals surface area contributed by atoms with E-state index in [0.717, 1.165) is 30.8 Å². The highest BCUT2D eigenvalue weighted by molar-refractivity contribution is 6.32. The van der Waals surface area contributed by atoms with Gasteiger partial charge in [0.15, 0.2) is 0 Å². The van der Waals surface area contributed by atoms with E-state index in [2.05, 4.69) is 36.4 Å². The summed E-state index contributed by atoms with van der Waals surface area (Å²) in [5.41, 5.74) is 2.58. The second kappa shape index (κ2) is 7.00. The monoisotopic (exact) mass is 310 g/mol. The van der Waals surface area contributed by atoms with Crippen molar-refractivity contribution in [2.75, 3.05) is 6.54 Å². The molecule has 1 aromatic carbocycles. The number of benzene rings is 1. The predicted molar refractivity (Wildman–Crippen MR) is 82.4 cm³/mol. The van der Waals surface area contributed by atoms with Gasteiger partial charge in [0.05, 0.1) is 22.4 Å². The maximum Gasteiger partial charge on any atom is 0.124 e. The molecule has 0 radical (unpaired) electrons. The summed E-state index contributed by atoms with van der Waals surface area (Å²) in [5, 5.41) is 12.3. The Balaban J connectivity index is 2.48. The fourth-order valence-electron chi connectivity index (χ4n) is 2.44. The molecule has 1 aromatic heterocycles. The first-order valence-electron chi connectivity index (χ1n) is 7.25. The lowest BCUT2D eigenvalue weighted by atomic mass is 10.1. The summed E-state index contributed by atoms with van der Waals surface area (Å²) >= 11 is 6.13. The summed E-state index contributed by atoms with van der Waals surface area (Å²) < 4.78 is 14.9. The molecule has 0 fully saturated rings. The van der Waals surface area contributed by atoms with E-state index in [4.69, 9.17) is 11.6 Å². The molecule has 0 aliphatic rings. The van der Waals surface area contributed by atoms with Crippen molar-refractivity contribution in [1.82, 2.24) is 20.3 Å². The molecular weight excluding hydrogens is 291 g/mol. The fraction of sp³-hybridized carbons (Fsp3) is 0.467. The molecule has 21 heavy (non-hydrogen) atoms. The zero-order valence-electron chi connectivity index (χ0n) is 12.5. The van der Waals surface area contributed by atoms with Gasteiger partial charge < -0.3 is 5.32 Å². The normalized spacial score (nSPS) is 12.6. The van der Waals surface area contributed by atoms with Crippen LogP contribution in [0.3, 0.4) is 0 Å². The van der Waals surface area contributed by atoms with E-state index in [1.54, 1.807) is 10.7 Å². The Bertz CT molecular complexity index is 612. The van der Waals surface area contributed by atoms with Crippen LogP contribution in [0.15, 0.2) is 18.2 Å². The molecule has 0 saturated carbocycles. The van der Waals surface area contributed by atoms with Crippen molar-refractivity contribution in [3.05, 3.63) is 40.4 Å². The minimum Gasteiger partial charge on any atom is -0.309 e. The first-order chi connectivity index (χ1) is 10.1. The van der Waals surface area contributed by atoms with Crippen LogP contribution in [0.2, 0.25) is 5.02 Å². The Kier molecular flexibility index (Phi) is 5.31. The molecule has 114 valence electrons. The molecule has 1 heterocycles. The van der Waals surface area contributed by atoms with Gasteiger partial charge in [0.2, 0.25) is 0 Å². The third-order valence-corrected chi connectivity index (χ3v) is 3.76. The minimum absolute atomic E-state index is 0.165. The van der Waals surface area contributed by atoms with Crippen LogP contribution in [0, 0.1) is 5.82 Å². The fourth-order valence-corrected chi connectivity index (χ4v) is 2.69. The summed E-state index contributed by atoms with van der Waals surface area (Å²) in [6.07, 6.45) is 1.70. The van der Waals surface area contributed by atoms with Gasteiger partial charge in [-0.1, -0.05) is 37.6 Å². The number of hydrogen-bond acceptors (Lipinski definition) is 3. The van der Waals surface area contributed by atoms with Gasteiger partial charge in [-0.3, -0.25) is 0 Å². The molecule has 6 heteroatoms. The molecule has 4 nitrogen and oxygen atoms in total. The first-order valence-corrected chi connectivity index (χ1v) is 7.63. The average Bonchev–Trinajstić information content (AvgIpc) is 2.88. The molecule has 0 spiro atoms. The van der Waals surface area contributed by atoms with Gasteiger partial charge in [-0.15, -0.1) is 5.10 Å². The van der Waals surface area contributed by atoms with E-state index in [1.165, 1.54) is 12.1 Å². The Morgan fingerprint density at radius 1 is 1.33 bits per heavy atom. The van der Waals surface area contributed by atoms with Crippen LogP contribution in [-0.2, 0) is 6.42 Å². The molecule has 0 amide bonds. The Morgan fingerprint density at radius 3 is 2.67 bits per heavy atom. The second-order valence-corrected chi connectivity index (χ2v) is 5.21. The highest BCUT2D eigenvalue weighted by Gasteiger charge is 2.20. The second-order valence-electron chi connectivity index (χ2n) is 4.80. The number of rotatable bonds is 6. The van der Waals surface area contributed by atoms with Crippen molar-refractivity contribution in [3.8, 4) is 5.69 Å². The third kappa shape index (κ3) is 3.24. The first kappa shape index (κ1) is 15.9. The highest BCUT2D eigenvalue weighted by atomic mass is 35.5. The maximum atomic E-state index is 13.2. The van der Waals surface area contributed by atoms with Gasteiger partial charge in [-0.2, -0.15) is 0 Å². The minimum atomic E-state index is -0.360. The summed E-state index contributed by atoms with van der Waals surface area (Å²) in [6.45, 7) is 7.09. The number of halogens is 2. The van der Waals surface area contributed by atoms with Crippen molar-refractivity contribution < 1.29 is 4.39 Å². The lowest BCUT2D eigenvalue weighted by Crippen LogP contribution is -2.21. The summed E-state index contributed by atoms with van der Waals surface area (Å²) in [7, 11) is 0. The van der Waals surface area contributed by atoms with Crippen LogP contribution in [0.25, 0.3) is 5.69 Å². The van der Waals surface area contributed by atoms with Crippen LogP contribution in [-0.4, -0.2) is 21.5 Å². The van der Waals surface area contributed by atoms with Crippen molar-refractivity contribution in [2.45, 2.75) is 39.7 Å². The molecule has 0 aliphatic heterocycles. The SMILES string of the molecule is CCNC(CC)c1nnn(-c2ccc(F)cc2Cl)c1CC. The van der Waals surface area contributed by atoms with E-state index in [9.17, 15) is 4.39 Å². The average molecular weight is 311 g/mol. The molecule has 0 bridgehead atoms. The quantitative estimate of drug-likeness (QED) is 0.885. The lowest BCUT2D eigenvalue weighted by molar-refractivity contribution is 0.520. The Morgan fingerprint density at radius 2 is 2.10 bits per heavy atom. The van der Waals surface area contributed by atoms with E-state index in [0.29, 0.717) is 10.7 Å². The Hall–Kier alpha value is -1.46. The molecular formula is C15H20ClFN4. The molecule has 2 rings (SSSR count). The van der Waals surface area contributed by atoms with Crippen LogP contribution >= 0.6 is 11.6 Å². The zero-order chi connectivity index (χ0) is 15.4. The number of hydrogen-bond donors (Lipinski definition) is 1. The lowest BCUT2D eigenvalue weighted by Gasteiger charge is -2.15. The van der Waals surface area contributed by atoms with Crippen molar-refractivity contribution >= 4 is 11.6 Å². The van der Waals surface area contributed by atoms with Gasteiger partial charge in [-0.25, -0.2) is 9.07 Å². The summed E-state index contributed by atoms with van der Waals surface area (Å²) in [4.78, 5) is 0. The van der Waals surface area contributed by atoms with E-state index in [-0.39, 0.29) is 11.9 Å². The number of aromatic nitrogens is 3. The van der Waals surface area contributed by atoms with E-state index >= 15 is 0 Å². The smallest absolute Gasteiger partial charge is 0.124 e. The van der Waals surface area contributed by atoms with Crippen LogP contribution in [0.4, 0.5) is 4.39 Å². The van der Waals surface area contributed by atoms with Crippen molar-refractivity contribution in [1.29, 1.82) is 0 Å². The van der Waals surface area contributed by atoms with Crippen LogP contribution in [0.5, 0.6) is 0 Å². The predicted octanol–water partition coefficient (Wildman–Crippen LogP) is 3.68. The van der Waals surface area contributed by atoms with Crippen molar-refractivity contribution in [2.24, 2.45) is 0 Å². The maximum absolute atomic E-state index is 13.2. The summed E-state index contributed by atoms with van der Waals surface area (Å²) in [5.74, 6) is -0.360. The molecule has 1 N–H and O–H groups in total. The molecule has 1 atom stereocenters. The van der Waals surface area contributed by atoms with Gasteiger partial charge in [0.25, 0.3) is 0 Å².